The predicted molar refractivity (Wildman–Crippen MR) is 66.4 cm³/mol. The molecule has 1 aromatic carbocycles. The van der Waals surface area contributed by atoms with E-state index in [0.717, 1.165) is 0 Å². The van der Waals surface area contributed by atoms with Crippen molar-refractivity contribution in [1.82, 2.24) is 9.55 Å². The fourth-order valence-electron chi connectivity index (χ4n) is 1.79. The van der Waals surface area contributed by atoms with Crippen molar-refractivity contribution in [3.05, 3.63) is 12.1 Å². The molecule has 96 valence electrons. The number of nitrogens with two attached hydrogens (primary N) is 2. The number of methoxy groups -OCH3 is 2. The summed E-state index contributed by atoms with van der Waals surface area (Å²) in [5.74, 6) is 0.819. The van der Waals surface area contributed by atoms with Gasteiger partial charge in [-0.05, 0) is 0 Å². The third kappa shape index (κ3) is 1.90. The van der Waals surface area contributed by atoms with E-state index in [1.165, 1.54) is 18.8 Å². The van der Waals surface area contributed by atoms with Crippen LogP contribution < -0.4 is 20.9 Å². The van der Waals surface area contributed by atoms with Crippen molar-refractivity contribution in [1.29, 1.82) is 0 Å². The van der Waals surface area contributed by atoms with Crippen molar-refractivity contribution in [2.75, 3.05) is 20.0 Å². The van der Waals surface area contributed by atoms with Crippen molar-refractivity contribution >= 4 is 22.9 Å². The molecule has 1 aromatic heterocycles. The van der Waals surface area contributed by atoms with Crippen LogP contribution in [0.4, 0.5) is 5.95 Å². The van der Waals surface area contributed by atoms with Gasteiger partial charge in [0.1, 0.15) is 6.54 Å². The van der Waals surface area contributed by atoms with Crippen LogP contribution in [0.25, 0.3) is 11.0 Å². The number of hydrogen-bond acceptors (Lipinski definition) is 5. The standard InChI is InChI=1S/C11H14N4O3/c1-17-8-3-6-7(4-9(8)18-2)15(5-10(12)16)11(13)14-6/h3-4H,5H2,1-2H3,(H2,12,16)(H2,13,14). The fourth-order valence-corrected chi connectivity index (χ4v) is 1.79. The number of rotatable bonds is 4. The highest BCUT2D eigenvalue weighted by atomic mass is 16.5. The molecule has 0 saturated heterocycles. The van der Waals surface area contributed by atoms with Crippen molar-refractivity contribution in [2.45, 2.75) is 6.54 Å². The van der Waals surface area contributed by atoms with Gasteiger partial charge in [0.25, 0.3) is 0 Å². The second-order valence-corrected chi connectivity index (χ2v) is 3.72. The number of anilines is 1. The number of hydrogen-bond donors (Lipinski definition) is 2. The van der Waals surface area contributed by atoms with E-state index >= 15 is 0 Å². The summed E-state index contributed by atoms with van der Waals surface area (Å²) in [6.45, 7) is -0.0299. The Balaban J connectivity index is 2.66. The number of carbonyl (C=O) groups excluding carboxylic acids is 1. The van der Waals surface area contributed by atoms with E-state index in [2.05, 4.69) is 4.98 Å². The summed E-state index contributed by atoms with van der Waals surface area (Å²) in [5, 5.41) is 0. The number of imidazole rings is 1. The van der Waals surface area contributed by atoms with Crippen molar-refractivity contribution in [3.63, 3.8) is 0 Å². The third-order valence-electron chi connectivity index (χ3n) is 2.60. The minimum absolute atomic E-state index is 0.0299. The Morgan fingerprint density at radius 1 is 1.33 bits per heavy atom. The number of nitrogens with zero attached hydrogens (tertiary/aromatic N) is 2. The Bertz CT molecular complexity index is 606. The van der Waals surface area contributed by atoms with Gasteiger partial charge in [0.15, 0.2) is 11.5 Å². The summed E-state index contributed by atoms with van der Waals surface area (Å²) in [4.78, 5) is 15.1. The smallest absolute Gasteiger partial charge is 0.237 e. The molecule has 7 nitrogen and oxygen atoms in total. The van der Waals surface area contributed by atoms with Crippen LogP contribution in [0.3, 0.4) is 0 Å². The zero-order valence-corrected chi connectivity index (χ0v) is 10.1. The van der Waals surface area contributed by atoms with Crippen LogP contribution >= 0.6 is 0 Å². The number of aromatic nitrogens is 2. The molecule has 0 spiro atoms. The summed E-state index contributed by atoms with van der Waals surface area (Å²) in [7, 11) is 3.06. The van der Waals surface area contributed by atoms with Gasteiger partial charge >= 0.3 is 0 Å². The molecule has 7 heteroatoms. The van der Waals surface area contributed by atoms with E-state index in [0.29, 0.717) is 22.5 Å². The van der Waals surface area contributed by atoms with E-state index < -0.39 is 5.91 Å². The summed E-state index contributed by atoms with van der Waals surface area (Å²) in [6.07, 6.45) is 0. The molecule has 0 aliphatic heterocycles. The molecular weight excluding hydrogens is 236 g/mol. The molecule has 0 unspecified atom stereocenters. The molecule has 1 amide bonds. The quantitative estimate of drug-likeness (QED) is 0.801. The molecule has 0 aliphatic carbocycles. The largest absolute Gasteiger partial charge is 0.493 e. The molecule has 0 atom stereocenters. The number of carbonyl (C=O) groups is 1. The number of benzene rings is 1. The van der Waals surface area contributed by atoms with E-state index in [1.807, 2.05) is 0 Å². The van der Waals surface area contributed by atoms with Crippen LogP contribution in [0.1, 0.15) is 0 Å². The Morgan fingerprint density at radius 2 is 1.94 bits per heavy atom. The van der Waals surface area contributed by atoms with Crippen LogP contribution in [-0.2, 0) is 11.3 Å². The lowest BCUT2D eigenvalue weighted by atomic mass is 10.2. The van der Waals surface area contributed by atoms with Crippen LogP contribution in [-0.4, -0.2) is 29.7 Å². The van der Waals surface area contributed by atoms with Gasteiger partial charge in [0, 0.05) is 12.1 Å². The van der Waals surface area contributed by atoms with E-state index in [4.69, 9.17) is 20.9 Å². The summed E-state index contributed by atoms with van der Waals surface area (Å²) < 4.78 is 11.9. The van der Waals surface area contributed by atoms with Crippen LogP contribution in [0, 0.1) is 0 Å². The van der Waals surface area contributed by atoms with Gasteiger partial charge in [-0.25, -0.2) is 4.98 Å². The number of nitrogen functional groups attached to an aromatic ring is 1. The Kier molecular flexibility index (Phi) is 2.97. The van der Waals surface area contributed by atoms with Crippen molar-refractivity contribution in [2.24, 2.45) is 5.73 Å². The monoisotopic (exact) mass is 250 g/mol. The second kappa shape index (κ2) is 4.44. The molecule has 0 fully saturated rings. The van der Waals surface area contributed by atoms with Gasteiger partial charge in [0.05, 0.1) is 25.3 Å². The highest BCUT2D eigenvalue weighted by molar-refractivity contribution is 5.85. The maximum absolute atomic E-state index is 11.0. The van der Waals surface area contributed by atoms with Crippen molar-refractivity contribution in [3.8, 4) is 11.5 Å². The van der Waals surface area contributed by atoms with Gasteiger partial charge in [0.2, 0.25) is 11.9 Å². The topological polar surface area (TPSA) is 105 Å². The molecule has 0 saturated carbocycles. The maximum Gasteiger partial charge on any atom is 0.237 e. The Morgan fingerprint density at radius 3 is 2.50 bits per heavy atom. The number of primary amides is 1. The lowest BCUT2D eigenvalue weighted by Crippen LogP contribution is -2.19. The molecule has 18 heavy (non-hydrogen) atoms. The molecule has 2 rings (SSSR count). The minimum Gasteiger partial charge on any atom is -0.493 e. The first-order valence-electron chi connectivity index (χ1n) is 5.23. The molecule has 0 radical (unpaired) electrons. The molecule has 4 N–H and O–H groups in total. The normalized spacial score (nSPS) is 10.6. The van der Waals surface area contributed by atoms with Gasteiger partial charge in [-0.3, -0.25) is 4.79 Å². The third-order valence-corrected chi connectivity index (χ3v) is 2.60. The second-order valence-electron chi connectivity index (χ2n) is 3.72. The SMILES string of the molecule is COc1cc2nc(N)n(CC(N)=O)c2cc1OC. The molecule has 0 bridgehead atoms. The lowest BCUT2D eigenvalue weighted by Gasteiger charge is -2.08. The maximum atomic E-state index is 11.0. The number of fused-ring (bicyclic) bond motifs is 1. The Hall–Kier alpha value is -2.44. The van der Waals surface area contributed by atoms with Gasteiger partial charge in [-0.2, -0.15) is 0 Å². The zero-order valence-electron chi connectivity index (χ0n) is 10.1. The highest BCUT2D eigenvalue weighted by Gasteiger charge is 2.14. The first kappa shape index (κ1) is 12.0. The number of ether oxygens (including phenoxy) is 2. The average molecular weight is 250 g/mol. The van der Waals surface area contributed by atoms with E-state index in [9.17, 15) is 4.79 Å². The van der Waals surface area contributed by atoms with E-state index in [1.54, 1.807) is 12.1 Å². The zero-order chi connectivity index (χ0) is 13.3. The van der Waals surface area contributed by atoms with Crippen molar-refractivity contribution < 1.29 is 14.3 Å². The predicted octanol–water partition coefficient (Wildman–Crippen LogP) is 0.121. The molecule has 2 aromatic rings. The first-order valence-corrected chi connectivity index (χ1v) is 5.23. The molecule has 1 heterocycles. The highest BCUT2D eigenvalue weighted by Crippen LogP contribution is 2.32. The van der Waals surface area contributed by atoms with Gasteiger partial charge < -0.3 is 25.5 Å². The van der Waals surface area contributed by atoms with Crippen LogP contribution in [0.2, 0.25) is 0 Å². The summed E-state index contributed by atoms with van der Waals surface area (Å²) in [6, 6.07) is 3.41. The van der Waals surface area contributed by atoms with Crippen LogP contribution in [0.15, 0.2) is 12.1 Å². The number of amides is 1. The minimum atomic E-state index is -0.490. The summed E-state index contributed by atoms with van der Waals surface area (Å²) >= 11 is 0. The van der Waals surface area contributed by atoms with Gasteiger partial charge in [-0.15, -0.1) is 0 Å². The Labute approximate surface area is 103 Å². The first-order chi connectivity index (χ1) is 8.56. The lowest BCUT2D eigenvalue weighted by molar-refractivity contribution is -0.118. The van der Waals surface area contributed by atoms with E-state index in [-0.39, 0.29) is 12.5 Å². The summed E-state index contributed by atoms with van der Waals surface area (Å²) in [5.41, 5.74) is 12.2. The fraction of sp³-hybridized carbons (Fsp3) is 0.273. The van der Waals surface area contributed by atoms with Gasteiger partial charge in [-0.1, -0.05) is 0 Å². The molecular formula is C11H14N4O3. The molecule has 0 aliphatic rings. The average Bonchev–Trinajstić information content (AvgIpc) is 2.63. The van der Waals surface area contributed by atoms with Crippen LogP contribution in [0.5, 0.6) is 11.5 Å².